The molecule has 6 unspecified atom stereocenters. The zero-order chi connectivity index (χ0) is 18.2. The van der Waals surface area contributed by atoms with E-state index in [4.69, 9.17) is 4.74 Å². The minimum absolute atomic E-state index is 0.0935. The first-order valence-electron chi connectivity index (χ1n) is 10.8. The van der Waals surface area contributed by atoms with E-state index in [9.17, 15) is 4.79 Å². The lowest BCUT2D eigenvalue weighted by Gasteiger charge is -2.57. The van der Waals surface area contributed by atoms with Gasteiger partial charge in [-0.1, -0.05) is 45.8 Å². The molecule has 0 aromatic rings. The van der Waals surface area contributed by atoms with Crippen LogP contribution in [0.2, 0.25) is 0 Å². The zero-order valence-electron chi connectivity index (χ0n) is 17.1. The van der Waals surface area contributed by atoms with Crippen molar-refractivity contribution in [2.45, 2.75) is 98.5 Å². The highest BCUT2D eigenvalue weighted by atomic mass is 16.5. The molecule has 4 rings (SSSR count). The molecule has 25 heavy (non-hydrogen) atoms. The molecule has 142 valence electrons. The molecule has 4 aliphatic rings. The lowest BCUT2D eigenvalue weighted by Crippen LogP contribution is -2.50. The summed E-state index contributed by atoms with van der Waals surface area (Å²) in [5.41, 5.74) is 2.48. The van der Waals surface area contributed by atoms with Crippen molar-refractivity contribution in [1.29, 1.82) is 0 Å². The summed E-state index contributed by atoms with van der Waals surface area (Å²) in [4.78, 5) is 11.5. The maximum absolute atomic E-state index is 11.5. The molecule has 0 amide bonds. The van der Waals surface area contributed by atoms with Gasteiger partial charge in [-0.15, -0.1) is 0 Å². The van der Waals surface area contributed by atoms with Crippen LogP contribution < -0.4 is 0 Å². The van der Waals surface area contributed by atoms with Crippen LogP contribution in [0.5, 0.6) is 0 Å². The minimum atomic E-state index is -0.0935. The van der Waals surface area contributed by atoms with Crippen molar-refractivity contribution in [1.82, 2.24) is 0 Å². The van der Waals surface area contributed by atoms with Gasteiger partial charge < -0.3 is 4.74 Å². The summed E-state index contributed by atoms with van der Waals surface area (Å²) in [5, 5.41) is 0. The van der Waals surface area contributed by atoms with Gasteiger partial charge in [0.1, 0.15) is 6.10 Å². The maximum atomic E-state index is 11.5. The Morgan fingerprint density at radius 1 is 1.08 bits per heavy atom. The van der Waals surface area contributed by atoms with Gasteiger partial charge in [0.15, 0.2) is 0 Å². The lowest BCUT2D eigenvalue weighted by atomic mass is 9.48. The number of carbonyl (C=O) groups excluding carboxylic acids is 1. The van der Waals surface area contributed by atoms with Crippen LogP contribution in [0.15, 0.2) is 11.6 Å². The van der Waals surface area contributed by atoms with Crippen molar-refractivity contribution >= 4 is 5.97 Å². The molecule has 0 heterocycles. The van der Waals surface area contributed by atoms with E-state index < -0.39 is 0 Å². The molecular weight excluding hydrogens is 308 g/mol. The highest BCUT2D eigenvalue weighted by Gasteiger charge is 2.59. The van der Waals surface area contributed by atoms with E-state index in [-0.39, 0.29) is 17.5 Å². The summed E-state index contributed by atoms with van der Waals surface area (Å²) in [5.74, 6) is 2.35. The number of hydrogen-bond acceptors (Lipinski definition) is 2. The average Bonchev–Trinajstić information content (AvgIpc) is 2.92. The third-order valence-electron chi connectivity index (χ3n) is 8.24. The van der Waals surface area contributed by atoms with Gasteiger partial charge in [-0.25, -0.2) is 0 Å². The number of fused-ring (bicyclic) bond motifs is 5. The standard InChI is InChI=1S/C21H32O2.C2H6/c1-14(22)23-19-10-9-17-16-8-7-15-6-4-5-12-20(15,2)18(16)11-13-21(17,19)3;1-2/h7,16-19H,4-6,8-13H2,1-3H3;1-2H3. The van der Waals surface area contributed by atoms with Crippen LogP contribution in [0.1, 0.15) is 92.4 Å². The van der Waals surface area contributed by atoms with Gasteiger partial charge in [-0.05, 0) is 74.5 Å². The van der Waals surface area contributed by atoms with Crippen molar-refractivity contribution in [2.24, 2.45) is 28.6 Å². The van der Waals surface area contributed by atoms with E-state index in [1.165, 1.54) is 51.4 Å². The topological polar surface area (TPSA) is 26.3 Å². The molecule has 0 aromatic heterocycles. The third kappa shape index (κ3) is 2.98. The Labute approximate surface area is 154 Å². The Hall–Kier alpha value is -0.790. The summed E-state index contributed by atoms with van der Waals surface area (Å²) in [7, 11) is 0. The Bertz CT molecular complexity index is 536. The highest BCUT2D eigenvalue weighted by Crippen LogP contribution is 2.65. The second-order valence-corrected chi connectivity index (χ2v) is 9.19. The molecule has 0 saturated heterocycles. The molecule has 0 aromatic carbocycles. The summed E-state index contributed by atoms with van der Waals surface area (Å²) in [6.07, 6.45) is 14.5. The lowest BCUT2D eigenvalue weighted by molar-refractivity contribution is -0.156. The molecular formula is C23H38O2. The van der Waals surface area contributed by atoms with Crippen molar-refractivity contribution in [3.8, 4) is 0 Å². The first-order valence-corrected chi connectivity index (χ1v) is 10.8. The number of rotatable bonds is 1. The van der Waals surface area contributed by atoms with Gasteiger partial charge in [-0.3, -0.25) is 4.79 Å². The van der Waals surface area contributed by atoms with E-state index in [1.807, 2.05) is 13.8 Å². The number of hydrogen-bond donors (Lipinski definition) is 0. The van der Waals surface area contributed by atoms with Gasteiger partial charge >= 0.3 is 5.97 Å². The first-order chi connectivity index (χ1) is 11.9. The molecule has 3 fully saturated rings. The maximum Gasteiger partial charge on any atom is 0.302 e. The van der Waals surface area contributed by atoms with E-state index >= 15 is 0 Å². The average molecular weight is 347 g/mol. The number of allylic oxidation sites excluding steroid dienone is 2. The predicted molar refractivity (Wildman–Crippen MR) is 103 cm³/mol. The smallest absolute Gasteiger partial charge is 0.302 e. The Balaban J connectivity index is 0.000000880. The van der Waals surface area contributed by atoms with E-state index in [0.717, 1.165) is 24.2 Å². The fourth-order valence-electron chi connectivity index (χ4n) is 7.04. The Morgan fingerprint density at radius 3 is 2.56 bits per heavy atom. The fraction of sp³-hybridized carbons (Fsp3) is 0.870. The van der Waals surface area contributed by atoms with Gasteiger partial charge in [0.05, 0.1) is 0 Å². The molecule has 0 radical (unpaired) electrons. The molecule has 3 saturated carbocycles. The van der Waals surface area contributed by atoms with Crippen LogP contribution >= 0.6 is 0 Å². The fourth-order valence-corrected chi connectivity index (χ4v) is 7.04. The normalized spacial score (nSPS) is 45.1. The van der Waals surface area contributed by atoms with E-state index in [0.29, 0.717) is 5.41 Å². The number of ether oxygens (including phenoxy) is 1. The van der Waals surface area contributed by atoms with Crippen LogP contribution in [0.4, 0.5) is 0 Å². The Kier molecular flexibility index (Phi) is 5.38. The van der Waals surface area contributed by atoms with E-state index in [2.05, 4.69) is 19.9 Å². The summed E-state index contributed by atoms with van der Waals surface area (Å²) < 4.78 is 5.74. The first kappa shape index (κ1) is 19.0. The summed E-state index contributed by atoms with van der Waals surface area (Å²) in [6.45, 7) is 10.5. The zero-order valence-corrected chi connectivity index (χ0v) is 17.1. The van der Waals surface area contributed by atoms with Gasteiger partial charge in [0.2, 0.25) is 0 Å². The summed E-state index contributed by atoms with van der Waals surface area (Å²) >= 11 is 0. The monoisotopic (exact) mass is 346 g/mol. The Morgan fingerprint density at radius 2 is 1.84 bits per heavy atom. The van der Waals surface area contributed by atoms with Crippen LogP contribution in [0, 0.1) is 28.6 Å². The van der Waals surface area contributed by atoms with Crippen molar-refractivity contribution in [3.05, 3.63) is 11.6 Å². The quantitative estimate of drug-likeness (QED) is 0.411. The van der Waals surface area contributed by atoms with Gasteiger partial charge in [0, 0.05) is 12.3 Å². The van der Waals surface area contributed by atoms with Gasteiger partial charge in [0.25, 0.3) is 0 Å². The molecule has 2 heteroatoms. The molecule has 4 aliphatic carbocycles. The molecule has 0 spiro atoms. The molecule has 0 aliphatic heterocycles. The largest absolute Gasteiger partial charge is 0.462 e. The van der Waals surface area contributed by atoms with E-state index in [1.54, 1.807) is 12.5 Å². The van der Waals surface area contributed by atoms with Crippen molar-refractivity contribution < 1.29 is 9.53 Å². The minimum Gasteiger partial charge on any atom is -0.462 e. The SMILES string of the molecule is CC.CC(=O)OC1CCC2C3CC=C4CCCCC4(C)C3CCC12C. The van der Waals surface area contributed by atoms with Crippen LogP contribution in [0.3, 0.4) is 0 Å². The summed E-state index contributed by atoms with van der Waals surface area (Å²) in [6, 6.07) is 0. The van der Waals surface area contributed by atoms with Crippen LogP contribution in [0.25, 0.3) is 0 Å². The molecule has 0 bridgehead atoms. The third-order valence-corrected chi connectivity index (χ3v) is 8.24. The van der Waals surface area contributed by atoms with Crippen LogP contribution in [-0.2, 0) is 9.53 Å². The number of carbonyl (C=O) groups is 1. The van der Waals surface area contributed by atoms with Gasteiger partial charge in [-0.2, -0.15) is 0 Å². The second-order valence-electron chi connectivity index (χ2n) is 9.19. The predicted octanol–water partition coefficient (Wildman–Crippen LogP) is 6.30. The van der Waals surface area contributed by atoms with Crippen molar-refractivity contribution in [3.63, 3.8) is 0 Å². The molecule has 0 N–H and O–H groups in total. The highest BCUT2D eigenvalue weighted by molar-refractivity contribution is 5.66. The van der Waals surface area contributed by atoms with Crippen molar-refractivity contribution in [2.75, 3.05) is 0 Å². The molecule has 6 atom stereocenters. The van der Waals surface area contributed by atoms with Crippen LogP contribution in [-0.4, -0.2) is 12.1 Å². The number of esters is 1. The second kappa shape index (κ2) is 7.08. The molecule has 2 nitrogen and oxygen atoms in total.